The van der Waals surface area contributed by atoms with Crippen LogP contribution in [-0.4, -0.2) is 62.5 Å². The lowest BCUT2D eigenvalue weighted by Crippen LogP contribution is -2.49. The summed E-state index contributed by atoms with van der Waals surface area (Å²) in [6.07, 6.45) is 1.51. The molecule has 168 valence electrons. The van der Waals surface area contributed by atoms with Gasteiger partial charge in [-0.05, 0) is 30.3 Å². The number of hydrogen-bond acceptors (Lipinski definition) is 6. The second-order valence-corrected chi connectivity index (χ2v) is 9.04. The molecular formula is C23H21ClN6O2S. The van der Waals surface area contributed by atoms with E-state index in [1.54, 1.807) is 4.68 Å². The Bertz CT molecular complexity index is 1350. The van der Waals surface area contributed by atoms with Gasteiger partial charge in [-0.2, -0.15) is 5.10 Å². The van der Waals surface area contributed by atoms with E-state index in [4.69, 9.17) is 11.6 Å². The predicted molar refractivity (Wildman–Crippen MR) is 130 cm³/mol. The molecule has 33 heavy (non-hydrogen) atoms. The van der Waals surface area contributed by atoms with E-state index in [0.717, 1.165) is 24.5 Å². The third kappa shape index (κ3) is 4.60. The average molecular weight is 481 g/mol. The molecule has 1 saturated heterocycles. The molecule has 0 atom stereocenters. The minimum atomic E-state index is -0.271. The summed E-state index contributed by atoms with van der Waals surface area (Å²) in [5, 5.41) is 5.82. The quantitative estimate of drug-likeness (QED) is 0.348. The number of hydrogen-bond donors (Lipinski definition) is 1. The Balaban J connectivity index is 1.24. The summed E-state index contributed by atoms with van der Waals surface area (Å²) >= 11 is 7.32. The van der Waals surface area contributed by atoms with Gasteiger partial charge in [0, 0.05) is 36.9 Å². The van der Waals surface area contributed by atoms with Crippen molar-refractivity contribution in [2.75, 3.05) is 36.8 Å². The van der Waals surface area contributed by atoms with E-state index in [2.05, 4.69) is 20.0 Å². The number of amides is 1. The van der Waals surface area contributed by atoms with Crippen LogP contribution in [0.4, 0.5) is 5.69 Å². The normalized spacial score (nSPS) is 14.1. The largest absolute Gasteiger partial charge is 0.368 e. The Morgan fingerprint density at radius 2 is 1.79 bits per heavy atom. The number of piperazine rings is 1. The SMILES string of the molecule is O=C(CSc1nc2c(cnn2-c2ccccc2)c(=O)[nH]1)N1CCN(c2cccc(Cl)c2)CC1. The first-order chi connectivity index (χ1) is 16.1. The van der Waals surface area contributed by atoms with Crippen molar-refractivity contribution in [1.29, 1.82) is 0 Å². The number of nitrogens with one attached hydrogen (secondary N) is 1. The molecule has 3 heterocycles. The van der Waals surface area contributed by atoms with Crippen LogP contribution in [0.3, 0.4) is 0 Å². The number of fused-ring (bicyclic) bond motifs is 1. The second-order valence-electron chi connectivity index (χ2n) is 7.64. The zero-order valence-electron chi connectivity index (χ0n) is 17.6. The van der Waals surface area contributed by atoms with Crippen LogP contribution in [0.15, 0.2) is 70.7 Å². The molecule has 8 nitrogen and oxygen atoms in total. The molecule has 4 aromatic rings. The van der Waals surface area contributed by atoms with Crippen molar-refractivity contribution >= 4 is 46.0 Å². The Labute approximate surface area is 199 Å². The summed E-state index contributed by atoms with van der Waals surface area (Å²) in [7, 11) is 0. The number of para-hydroxylation sites is 1. The van der Waals surface area contributed by atoms with Gasteiger partial charge in [0.15, 0.2) is 10.8 Å². The topological polar surface area (TPSA) is 87.1 Å². The molecule has 0 bridgehead atoms. The van der Waals surface area contributed by atoms with Crippen molar-refractivity contribution in [2.45, 2.75) is 5.16 Å². The summed E-state index contributed by atoms with van der Waals surface area (Å²) in [5.74, 6) is 0.218. The van der Waals surface area contributed by atoms with Gasteiger partial charge in [-0.3, -0.25) is 9.59 Å². The summed E-state index contributed by atoms with van der Waals surface area (Å²) in [6, 6.07) is 17.3. The van der Waals surface area contributed by atoms with Crippen LogP contribution in [0.2, 0.25) is 5.02 Å². The van der Waals surface area contributed by atoms with Crippen molar-refractivity contribution in [3.63, 3.8) is 0 Å². The maximum Gasteiger partial charge on any atom is 0.262 e. The lowest BCUT2D eigenvalue weighted by molar-refractivity contribution is -0.128. The summed E-state index contributed by atoms with van der Waals surface area (Å²) in [4.78, 5) is 36.7. The minimum Gasteiger partial charge on any atom is -0.368 e. The first-order valence-electron chi connectivity index (χ1n) is 10.5. The van der Waals surface area contributed by atoms with Crippen molar-refractivity contribution in [2.24, 2.45) is 0 Å². The Hall–Kier alpha value is -3.30. The number of nitrogens with zero attached hydrogens (tertiary/aromatic N) is 5. The number of carbonyl (C=O) groups excluding carboxylic acids is 1. The Morgan fingerprint density at radius 3 is 2.55 bits per heavy atom. The molecule has 1 fully saturated rings. The van der Waals surface area contributed by atoms with Gasteiger partial charge >= 0.3 is 0 Å². The number of aromatic nitrogens is 4. The van der Waals surface area contributed by atoms with Crippen molar-refractivity contribution in [3.05, 3.63) is 76.2 Å². The molecule has 5 rings (SSSR count). The van der Waals surface area contributed by atoms with Gasteiger partial charge in [-0.25, -0.2) is 9.67 Å². The number of anilines is 1. The standard InChI is InChI=1S/C23H21ClN6O2S/c24-16-5-4-8-18(13-16)28-9-11-29(12-10-28)20(31)15-33-23-26-21-19(22(32)27-23)14-25-30(21)17-6-2-1-3-7-17/h1-8,13-14H,9-12,15H2,(H,26,27,32). The van der Waals surface area contributed by atoms with Crippen LogP contribution < -0.4 is 10.5 Å². The zero-order chi connectivity index (χ0) is 22.8. The number of H-pyrrole nitrogens is 1. The maximum absolute atomic E-state index is 12.8. The van der Waals surface area contributed by atoms with E-state index in [0.29, 0.717) is 34.3 Å². The molecule has 0 saturated carbocycles. The average Bonchev–Trinajstić information content (AvgIpc) is 3.28. The number of rotatable bonds is 5. The number of aromatic amines is 1. The number of carbonyl (C=O) groups is 1. The third-order valence-electron chi connectivity index (χ3n) is 5.56. The number of thioether (sulfide) groups is 1. The predicted octanol–water partition coefficient (Wildman–Crippen LogP) is 3.20. The van der Waals surface area contributed by atoms with Gasteiger partial charge in [-0.1, -0.05) is 47.6 Å². The number of benzene rings is 2. The molecule has 1 aliphatic rings. The fourth-order valence-electron chi connectivity index (χ4n) is 3.83. The summed E-state index contributed by atoms with van der Waals surface area (Å²) < 4.78 is 1.63. The molecule has 1 aliphatic heterocycles. The zero-order valence-corrected chi connectivity index (χ0v) is 19.2. The lowest BCUT2D eigenvalue weighted by atomic mass is 10.2. The Kier molecular flexibility index (Phi) is 6.06. The number of halogens is 1. The van der Waals surface area contributed by atoms with Crippen molar-refractivity contribution < 1.29 is 4.79 Å². The molecule has 1 N–H and O–H groups in total. The Morgan fingerprint density at radius 1 is 1.03 bits per heavy atom. The van der Waals surface area contributed by atoms with E-state index in [-0.39, 0.29) is 17.2 Å². The molecule has 0 radical (unpaired) electrons. The van der Waals surface area contributed by atoms with Gasteiger partial charge in [0.25, 0.3) is 5.56 Å². The molecule has 2 aromatic carbocycles. The highest BCUT2D eigenvalue weighted by Crippen LogP contribution is 2.22. The van der Waals surface area contributed by atoms with E-state index < -0.39 is 0 Å². The van der Waals surface area contributed by atoms with E-state index >= 15 is 0 Å². The molecule has 2 aromatic heterocycles. The van der Waals surface area contributed by atoms with E-state index in [1.807, 2.05) is 59.5 Å². The summed E-state index contributed by atoms with van der Waals surface area (Å²) in [5.41, 5.74) is 2.08. The third-order valence-corrected chi connectivity index (χ3v) is 6.65. The smallest absolute Gasteiger partial charge is 0.262 e. The molecule has 0 aliphatic carbocycles. The maximum atomic E-state index is 12.8. The van der Waals surface area contributed by atoms with Crippen molar-refractivity contribution in [1.82, 2.24) is 24.6 Å². The van der Waals surface area contributed by atoms with Crippen LogP contribution in [0.5, 0.6) is 0 Å². The van der Waals surface area contributed by atoms with Gasteiger partial charge < -0.3 is 14.8 Å². The van der Waals surface area contributed by atoms with Crippen LogP contribution in [0.1, 0.15) is 0 Å². The molecule has 0 spiro atoms. The summed E-state index contributed by atoms with van der Waals surface area (Å²) in [6.45, 7) is 2.76. The highest BCUT2D eigenvalue weighted by Gasteiger charge is 2.22. The van der Waals surface area contributed by atoms with Crippen LogP contribution in [0.25, 0.3) is 16.7 Å². The molecular weight excluding hydrogens is 460 g/mol. The van der Waals surface area contributed by atoms with Crippen LogP contribution in [-0.2, 0) is 4.79 Å². The van der Waals surface area contributed by atoms with E-state index in [1.165, 1.54) is 18.0 Å². The highest BCUT2D eigenvalue weighted by molar-refractivity contribution is 7.99. The second kappa shape index (κ2) is 9.29. The fourth-order valence-corrected chi connectivity index (χ4v) is 4.78. The van der Waals surface area contributed by atoms with Crippen molar-refractivity contribution in [3.8, 4) is 5.69 Å². The molecule has 10 heteroatoms. The first kappa shape index (κ1) is 21.5. The first-order valence-corrected chi connectivity index (χ1v) is 11.9. The van der Waals surface area contributed by atoms with Gasteiger partial charge in [0.1, 0.15) is 5.39 Å². The minimum absolute atomic E-state index is 0.0186. The monoisotopic (exact) mass is 480 g/mol. The van der Waals surface area contributed by atoms with Gasteiger partial charge in [0.05, 0.1) is 17.6 Å². The van der Waals surface area contributed by atoms with Gasteiger partial charge in [0.2, 0.25) is 5.91 Å². The van der Waals surface area contributed by atoms with Gasteiger partial charge in [-0.15, -0.1) is 0 Å². The lowest BCUT2D eigenvalue weighted by Gasteiger charge is -2.36. The van der Waals surface area contributed by atoms with Crippen LogP contribution >= 0.6 is 23.4 Å². The fraction of sp³-hybridized carbons (Fsp3) is 0.217. The molecule has 0 unspecified atom stereocenters. The van der Waals surface area contributed by atoms with E-state index in [9.17, 15) is 9.59 Å². The highest BCUT2D eigenvalue weighted by atomic mass is 35.5. The van der Waals surface area contributed by atoms with Crippen LogP contribution in [0, 0.1) is 0 Å². The molecule has 1 amide bonds.